The number of rotatable bonds is 8. The normalized spacial score (nSPS) is 9.42. The van der Waals surface area contributed by atoms with Crippen molar-refractivity contribution in [1.29, 1.82) is 0 Å². The van der Waals surface area contributed by atoms with Gasteiger partial charge in [-0.05, 0) is 27.7 Å². The Balaban J connectivity index is -0.000000214. The zero-order chi connectivity index (χ0) is 15.4. The van der Waals surface area contributed by atoms with Crippen molar-refractivity contribution in [2.75, 3.05) is 19.8 Å². The van der Waals surface area contributed by atoms with E-state index < -0.39 is 0 Å². The standard InChI is InChI=1S/C6H14O2.C5H8O2.C4H10/c1-4-7-6(3)8-5-2;1-2-7-5-3-4-6;1-3-4-2/h6H,4-5H2,1-3H3;3-5H,2H2,1H3;3-4H2,1-2H3/b;5-3+;. The molecule has 0 rings (SSSR count). The second-order valence-electron chi connectivity index (χ2n) is 3.40. The third kappa shape index (κ3) is 38.2. The van der Waals surface area contributed by atoms with E-state index in [2.05, 4.69) is 18.6 Å². The van der Waals surface area contributed by atoms with Crippen LogP contribution in [0.1, 0.15) is 54.4 Å². The van der Waals surface area contributed by atoms with E-state index in [0.717, 1.165) is 13.2 Å². The molecule has 0 N–H and O–H groups in total. The Morgan fingerprint density at radius 3 is 1.63 bits per heavy atom. The molecule has 0 aromatic carbocycles. The fraction of sp³-hybridized carbons (Fsp3) is 0.800. The summed E-state index contributed by atoms with van der Waals surface area (Å²) in [4.78, 5) is 9.51. The molecule has 0 aliphatic rings. The first kappa shape index (κ1) is 23.2. The number of aldehydes is 1. The molecule has 116 valence electrons. The molecule has 0 bridgehead atoms. The number of ether oxygens (including phenoxy) is 3. The second-order valence-corrected chi connectivity index (χ2v) is 3.40. The maximum atomic E-state index is 9.51. The Labute approximate surface area is 119 Å². The molecule has 0 fully saturated rings. The smallest absolute Gasteiger partial charge is 0.154 e. The maximum absolute atomic E-state index is 9.51. The van der Waals surface area contributed by atoms with Crippen LogP contribution in [0.5, 0.6) is 0 Å². The fourth-order valence-electron chi connectivity index (χ4n) is 0.701. The lowest BCUT2D eigenvalue weighted by Gasteiger charge is -2.09. The van der Waals surface area contributed by atoms with Crippen molar-refractivity contribution < 1.29 is 19.0 Å². The van der Waals surface area contributed by atoms with Gasteiger partial charge in [-0.2, -0.15) is 0 Å². The van der Waals surface area contributed by atoms with Gasteiger partial charge in [0.05, 0.1) is 12.9 Å². The molecule has 0 radical (unpaired) electrons. The van der Waals surface area contributed by atoms with E-state index >= 15 is 0 Å². The van der Waals surface area contributed by atoms with Crippen LogP contribution in [0, 0.1) is 0 Å². The molecule has 0 unspecified atom stereocenters. The van der Waals surface area contributed by atoms with Crippen molar-refractivity contribution in [2.24, 2.45) is 0 Å². The van der Waals surface area contributed by atoms with Gasteiger partial charge < -0.3 is 14.2 Å². The summed E-state index contributed by atoms with van der Waals surface area (Å²) in [5, 5.41) is 0. The summed E-state index contributed by atoms with van der Waals surface area (Å²) in [7, 11) is 0. The van der Waals surface area contributed by atoms with Crippen LogP contribution in [0.2, 0.25) is 0 Å². The van der Waals surface area contributed by atoms with Gasteiger partial charge in [0.15, 0.2) is 6.29 Å². The number of carbonyl (C=O) groups excluding carboxylic acids is 1. The van der Waals surface area contributed by atoms with Gasteiger partial charge >= 0.3 is 0 Å². The van der Waals surface area contributed by atoms with Crippen molar-refractivity contribution >= 4 is 6.29 Å². The molecule has 4 heteroatoms. The first-order chi connectivity index (χ1) is 9.14. The van der Waals surface area contributed by atoms with Gasteiger partial charge in [-0.15, -0.1) is 0 Å². The molecule has 0 heterocycles. The average Bonchev–Trinajstić information content (AvgIpc) is 2.41. The Hall–Kier alpha value is -0.870. The number of hydrogen-bond acceptors (Lipinski definition) is 4. The summed E-state index contributed by atoms with van der Waals surface area (Å²) in [5.74, 6) is 0. The maximum Gasteiger partial charge on any atom is 0.154 e. The first-order valence-corrected chi connectivity index (χ1v) is 7.09. The highest BCUT2D eigenvalue weighted by molar-refractivity contribution is 5.64. The van der Waals surface area contributed by atoms with E-state index in [9.17, 15) is 4.79 Å². The summed E-state index contributed by atoms with van der Waals surface area (Å²) in [5.41, 5.74) is 0. The number of unbranched alkanes of at least 4 members (excludes halogenated alkanes) is 1. The highest BCUT2D eigenvalue weighted by Crippen LogP contribution is 1.90. The fourth-order valence-corrected chi connectivity index (χ4v) is 0.701. The Morgan fingerprint density at radius 2 is 1.37 bits per heavy atom. The van der Waals surface area contributed by atoms with Crippen molar-refractivity contribution in [3.8, 4) is 0 Å². The molecule has 0 aliphatic heterocycles. The zero-order valence-electron chi connectivity index (χ0n) is 13.5. The highest BCUT2D eigenvalue weighted by atomic mass is 16.7. The summed E-state index contributed by atoms with van der Waals surface area (Å²) in [6.45, 7) is 14.1. The molecular formula is C15H32O4. The third-order valence-corrected chi connectivity index (χ3v) is 1.72. The van der Waals surface area contributed by atoms with E-state index in [1.54, 1.807) is 0 Å². The number of carbonyl (C=O) groups is 1. The van der Waals surface area contributed by atoms with E-state index in [-0.39, 0.29) is 6.29 Å². The molecule has 0 aromatic heterocycles. The van der Waals surface area contributed by atoms with Gasteiger partial charge in [-0.25, -0.2) is 0 Å². The van der Waals surface area contributed by atoms with Gasteiger partial charge in [0.25, 0.3) is 0 Å². The molecule has 0 aliphatic carbocycles. The van der Waals surface area contributed by atoms with Crippen molar-refractivity contribution in [1.82, 2.24) is 0 Å². The van der Waals surface area contributed by atoms with E-state index in [1.807, 2.05) is 27.7 Å². The minimum Gasteiger partial charge on any atom is -0.501 e. The molecule has 4 nitrogen and oxygen atoms in total. The predicted molar refractivity (Wildman–Crippen MR) is 80.1 cm³/mol. The van der Waals surface area contributed by atoms with Gasteiger partial charge in [0.2, 0.25) is 0 Å². The number of allylic oxidation sites excluding steroid dienone is 1. The van der Waals surface area contributed by atoms with Crippen molar-refractivity contribution in [3.05, 3.63) is 12.3 Å². The lowest BCUT2D eigenvalue weighted by molar-refractivity contribution is -0.123. The summed E-state index contributed by atoms with van der Waals surface area (Å²) < 4.78 is 14.8. The van der Waals surface area contributed by atoms with Crippen LogP contribution in [-0.2, 0) is 19.0 Å². The zero-order valence-corrected chi connectivity index (χ0v) is 13.5. The largest absolute Gasteiger partial charge is 0.501 e. The Morgan fingerprint density at radius 1 is 0.895 bits per heavy atom. The van der Waals surface area contributed by atoms with Crippen molar-refractivity contribution in [2.45, 2.75) is 60.7 Å². The number of hydrogen-bond donors (Lipinski definition) is 0. The minimum atomic E-state index is -0.0370. The van der Waals surface area contributed by atoms with Gasteiger partial charge in [0.1, 0.15) is 6.29 Å². The van der Waals surface area contributed by atoms with Crippen LogP contribution in [0.4, 0.5) is 0 Å². The summed E-state index contributed by atoms with van der Waals surface area (Å²) in [6, 6.07) is 0. The molecule has 0 saturated carbocycles. The summed E-state index contributed by atoms with van der Waals surface area (Å²) >= 11 is 0. The van der Waals surface area contributed by atoms with Crippen LogP contribution < -0.4 is 0 Å². The van der Waals surface area contributed by atoms with E-state index in [4.69, 9.17) is 9.47 Å². The van der Waals surface area contributed by atoms with Crippen LogP contribution in [0.3, 0.4) is 0 Å². The molecule has 19 heavy (non-hydrogen) atoms. The van der Waals surface area contributed by atoms with E-state index in [0.29, 0.717) is 12.9 Å². The molecule has 0 aromatic rings. The topological polar surface area (TPSA) is 44.8 Å². The monoisotopic (exact) mass is 276 g/mol. The van der Waals surface area contributed by atoms with Crippen molar-refractivity contribution in [3.63, 3.8) is 0 Å². The lowest BCUT2D eigenvalue weighted by Crippen LogP contribution is -2.11. The van der Waals surface area contributed by atoms with Crippen LogP contribution >= 0.6 is 0 Å². The highest BCUT2D eigenvalue weighted by Gasteiger charge is 1.94. The molecule has 0 atom stereocenters. The molecule has 0 saturated heterocycles. The predicted octanol–water partition coefficient (Wildman–Crippen LogP) is 3.95. The van der Waals surface area contributed by atoms with Gasteiger partial charge in [-0.3, -0.25) is 4.79 Å². The summed E-state index contributed by atoms with van der Waals surface area (Å²) in [6.07, 6.45) is 5.96. The first-order valence-electron chi connectivity index (χ1n) is 7.09. The molecule has 0 amide bonds. The molecule has 0 spiro atoms. The quantitative estimate of drug-likeness (QED) is 0.291. The second kappa shape index (κ2) is 25.9. The molecular weight excluding hydrogens is 244 g/mol. The lowest BCUT2D eigenvalue weighted by atomic mass is 10.4. The Kier molecular flexibility index (Phi) is 31.6. The third-order valence-electron chi connectivity index (χ3n) is 1.72. The SMILES string of the molecule is CCCC.CCO/C=C/C=O.CCOC(C)OCC. The van der Waals surface area contributed by atoms with Crippen LogP contribution in [-0.4, -0.2) is 32.4 Å². The minimum absolute atomic E-state index is 0.0370. The van der Waals surface area contributed by atoms with E-state index in [1.165, 1.54) is 25.2 Å². The van der Waals surface area contributed by atoms with Crippen LogP contribution in [0.15, 0.2) is 12.3 Å². The van der Waals surface area contributed by atoms with Gasteiger partial charge in [-0.1, -0.05) is 26.7 Å². The average molecular weight is 276 g/mol. The van der Waals surface area contributed by atoms with Crippen LogP contribution in [0.25, 0.3) is 0 Å². The van der Waals surface area contributed by atoms with Gasteiger partial charge in [0, 0.05) is 19.3 Å². The Bertz CT molecular complexity index is 162.